The number of rotatable bonds is 18. The summed E-state index contributed by atoms with van der Waals surface area (Å²) in [5.41, 5.74) is 2.50. The molecule has 268 valence electrons. The lowest BCUT2D eigenvalue weighted by Crippen LogP contribution is -2.51. The van der Waals surface area contributed by atoms with Crippen LogP contribution in [0, 0.1) is 21.7 Å². The number of carbonyl (C=O) groups is 1. The van der Waals surface area contributed by atoms with Crippen LogP contribution in [0.1, 0.15) is 145 Å². The van der Waals surface area contributed by atoms with E-state index in [0.717, 1.165) is 36.8 Å². The van der Waals surface area contributed by atoms with Crippen LogP contribution in [-0.2, 0) is 23.7 Å². The van der Waals surface area contributed by atoms with Gasteiger partial charge in [0.05, 0.1) is 18.6 Å². The van der Waals surface area contributed by atoms with Gasteiger partial charge in [-0.3, -0.25) is 4.79 Å². The van der Waals surface area contributed by atoms with E-state index in [1.165, 1.54) is 12.8 Å². The summed E-state index contributed by atoms with van der Waals surface area (Å²) in [5, 5.41) is 0. The van der Waals surface area contributed by atoms with Gasteiger partial charge in [0, 0.05) is 5.56 Å². The summed E-state index contributed by atoms with van der Waals surface area (Å²) in [5.74, 6) is -0.208. The largest absolute Gasteiger partial charge is 0.463 e. The molecule has 1 aliphatic rings. The van der Waals surface area contributed by atoms with Crippen molar-refractivity contribution in [1.29, 1.82) is 0 Å². The molecule has 0 bridgehead atoms. The minimum atomic E-state index is -0.555. The van der Waals surface area contributed by atoms with Gasteiger partial charge in [-0.25, -0.2) is 0 Å². The lowest BCUT2D eigenvalue weighted by atomic mass is 9.71. The highest BCUT2D eigenvalue weighted by Crippen LogP contribution is 2.41. The molecule has 0 aromatic heterocycles. The summed E-state index contributed by atoms with van der Waals surface area (Å²) in [6, 6.07) is 20.1. The van der Waals surface area contributed by atoms with Gasteiger partial charge in [-0.1, -0.05) is 148 Å². The Morgan fingerprint density at radius 2 is 1.27 bits per heavy atom. The quantitative estimate of drug-likeness (QED) is 0.117. The highest BCUT2D eigenvalue weighted by Gasteiger charge is 2.42. The van der Waals surface area contributed by atoms with E-state index in [2.05, 4.69) is 93.5 Å². The van der Waals surface area contributed by atoms with Crippen molar-refractivity contribution in [1.82, 2.24) is 0 Å². The molecule has 5 atom stereocenters. The van der Waals surface area contributed by atoms with E-state index in [9.17, 15) is 4.79 Å². The molecule has 0 N–H and O–H groups in total. The van der Waals surface area contributed by atoms with Crippen LogP contribution in [0.3, 0.4) is 0 Å². The number of hydrogen-bond acceptors (Lipinski definition) is 5. The summed E-state index contributed by atoms with van der Waals surface area (Å²) in [4.78, 5) is 13.4. The first kappa shape index (κ1) is 40.0. The van der Waals surface area contributed by atoms with Gasteiger partial charge in [-0.15, -0.1) is 0 Å². The highest BCUT2D eigenvalue weighted by atomic mass is 16.7. The van der Waals surface area contributed by atoms with E-state index >= 15 is 0 Å². The number of hydrogen-bond donors (Lipinski definition) is 0. The zero-order valence-electron chi connectivity index (χ0n) is 32.0. The molecule has 48 heavy (non-hydrogen) atoms. The van der Waals surface area contributed by atoms with E-state index in [-0.39, 0.29) is 41.0 Å². The maximum atomic E-state index is 13.4. The van der Waals surface area contributed by atoms with Crippen LogP contribution < -0.4 is 0 Å². The fourth-order valence-corrected chi connectivity index (χ4v) is 7.53. The standard InChI is InChI=1S/C43H66O5/c1-12-35-38(46-32(3)33-22-16-14-17-23-33)36(48-39(47-35)34-24-18-15-19-25-34)29-45-37(44)28-43(10,11)31-42(8,9)27-21-20-26-41(6,7)30-40(4,5)13-2/h14-25,32,35-36,38-39H,12-13,26-31H2,1-11H3/b21-20-. The first-order valence-electron chi connectivity index (χ1n) is 18.3. The molecule has 2 aromatic carbocycles. The molecule has 0 aliphatic carbocycles. The van der Waals surface area contributed by atoms with Gasteiger partial charge in [0.25, 0.3) is 0 Å². The molecule has 2 aromatic rings. The van der Waals surface area contributed by atoms with Crippen molar-refractivity contribution in [3.05, 3.63) is 83.9 Å². The molecule has 0 spiro atoms. The van der Waals surface area contributed by atoms with Crippen molar-refractivity contribution >= 4 is 5.97 Å². The van der Waals surface area contributed by atoms with E-state index in [0.29, 0.717) is 11.8 Å². The number of ether oxygens (including phenoxy) is 4. The van der Waals surface area contributed by atoms with E-state index < -0.39 is 18.5 Å². The van der Waals surface area contributed by atoms with Gasteiger partial charge in [-0.05, 0) is 66.3 Å². The lowest BCUT2D eigenvalue weighted by Gasteiger charge is -2.42. The van der Waals surface area contributed by atoms with Crippen LogP contribution in [0.15, 0.2) is 72.8 Å². The summed E-state index contributed by atoms with van der Waals surface area (Å²) < 4.78 is 25.6. The topological polar surface area (TPSA) is 54.0 Å². The number of allylic oxidation sites excluding steroid dienone is 2. The zero-order valence-corrected chi connectivity index (χ0v) is 32.0. The predicted molar refractivity (Wildman–Crippen MR) is 198 cm³/mol. The zero-order chi connectivity index (χ0) is 35.6. The lowest BCUT2D eigenvalue weighted by molar-refractivity contribution is -0.309. The minimum Gasteiger partial charge on any atom is -0.463 e. The van der Waals surface area contributed by atoms with Gasteiger partial charge < -0.3 is 18.9 Å². The van der Waals surface area contributed by atoms with Gasteiger partial charge in [0.1, 0.15) is 18.8 Å². The smallest absolute Gasteiger partial charge is 0.306 e. The number of esters is 1. The van der Waals surface area contributed by atoms with Crippen molar-refractivity contribution in [3.8, 4) is 0 Å². The maximum absolute atomic E-state index is 13.4. The molecule has 3 rings (SSSR count). The van der Waals surface area contributed by atoms with Crippen molar-refractivity contribution in [2.24, 2.45) is 21.7 Å². The Hall–Kier alpha value is -2.47. The highest BCUT2D eigenvalue weighted by molar-refractivity contribution is 5.70. The number of carbonyl (C=O) groups excluding carboxylic acids is 1. The molecule has 5 unspecified atom stereocenters. The summed E-state index contributed by atoms with van der Waals surface area (Å²) in [6.07, 6.45) is 9.37. The fourth-order valence-electron chi connectivity index (χ4n) is 7.53. The van der Waals surface area contributed by atoms with Crippen molar-refractivity contribution < 1.29 is 23.7 Å². The van der Waals surface area contributed by atoms with Crippen LogP contribution in [0.4, 0.5) is 0 Å². The molecule has 1 aliphatic heterocycles. The molecular formula is C43H66O5. The molecule has 5 heteroatoms. The SMILES string of the molecule is CCC1OC(c2ccccc2)OC(COC(=O)CC(C)(C)CC(C)(C)C/C=C\CC(C)(C)CC(C)(C)CC)C1OC(C)c1ccccc1. The van der Waals surface area contributed by atoms with E-state index in [1.54, 1.807) is 0 Å². The third-order valence-corrected chi connectivity index (χ3v) is 9.84. The molecule has 1 saturated heterocycles. The summed E-state index contributed by atoms with van der Waals surface area (Å²) in [7, 11) is 0. The van der Waals surface area contributed by atoms with Crippen LogP contribution in [0.25, 0.3) is 0 Å². The monoisotopic (exact) mass is 662 g/mol. The second-order valence-corrected chi connectivity index (χ2v) is 17.3. The van der Waals surface area contributed by atoms with Gasteiger partial charge in [0.2, 0.25) is 0 Å². The Balaban J connectivity index is 1.62. The minimum absolute atomic E-state index is 0.0562. The maximum Gasteiger partial charge on any atom is 0.306 e. The van der Waals surface area contributed by atoms with Crippen molar-refractivity contribution in [2.75, 3.05) is 6.61 Å². The van der Waals surface area contributed by atoms with Crippen LogP contribution in [0.5, 0.6) is 0 Å². The van der Waals surface area contributed by atoms with Gasteiger partial charge >= 0.3 is 5.97 Å². The molecule has 5 nitrogen and oxygen atoms in total. The fraction of sp³-hybridized carbons (Fsp3) is 0.651. The Bertz CT molecular complexity index is 1260. The Morgan fingerprint density at radius 3 is 1.81 bits per heavy atom. The Kier molecular flexibility index (Phi) is 14.5. The van der Waals surface area contributed by atoms with Crippen LogP contribution >= 0.6 is 0 Å². The Labute approximate surface area is 293 Å². The third kappa shape index (κ3) is 13.1. The normalized spacial score (nSPS) is 21.7. The first-order chi connectivity index (χ1) is 22.4. The van der Waals surface area contributed by atoms with Gasteiger partial charge in [0.15, 0.2) is 6.29 Å². The van der Waals surface area contributed by atoms with E-state index in [1.807, 2.05) is 55.5 Å². The molecule has 0 radical (unpaired) electrons. The molecule has 1 heterocycles. The van der Waals surface area contributed by atoms with Gasteiger partial charge in [-0.2, -0.15) is 0 Å². The molecule has 0 amide bonds. The van der Waals surface area contributed by atoms with Crippen LogP contribution in [-0.4, -0.2) is 30.9 Å². The van der Waals surface area contributed by atoms with Crippen molar-refractivity contribution in [2.45, 2.75) is 152 Å². The first-order valence-corrected chi connectivity index (χ1v) is 18.3. The number of benzene rings is 2. The van der Waals surface area contributed by atoms with Crippen molar-refractivity contribution in [3.63, 3.8) is 0 Å². The summed E-state index contributed by atoms with van der Waals surface area (Å²) >= 11 is 0. The average molecular weight is 663 g/mol. The van der Waals surface area contributed by atoms with Crippen LogP contribution in [0.2, 0.25) is 0 Å². The molecular weight excluding hydrogens is 596 g/mol. The summed E-state index contributed by atoms with van der Waals surface area (Å²) in [6.45, 7) is 25.0. The third-order valence-electron chi connectivity index (χ3n) is 9.84. The van der Waals surface area contributed by atoms with E-state index in [4.69, 9.17) is 18.9 Å². The molecule has 0 saturated carbocycles. The predicted octanol–water partition coefficient (Wildman–Crippen LogP) is 11.6. The Morgan fingerprint density at radius 1 is 0.750 bits per heavy atom. The second kappa shape index (κ2) is 17.5. The average Bonchev–Trinajstić information content (AvgIpc) is 3.02. The molecule has 1 fully saturated rings. The second-order valence-electron chi connectivity index (χ2n) is 17.3.